The third-order valence-electron chi connectivity index (χ3n) is 3.25. The lowest BCUT2D eigenvalue weighted by Crippen LogP contribution is -2.35. The van der Waals surface area contributed by atoms with Gasteiger partial charge in [0, 0.05) is 6.54 Å². The number of hydrogen-bond acceptors (Lipinski definition) is 4. The van der Waals surface area contributed by atoms with Gasteiger partial charge in [-0.05, 0) is 31.0 Å². The van der Waals surface area contributed by atoms with Gasteiger partial charge in [0.15, 0.2) is 5.82 Å². The first-order chi connectivity index (χ1) is 8.67. The number of likely N-dealkylation sites (tertiary alicyclic amines) is 1. The maximum Gasteiger partial charge on any atom is 0.248 e. The Morgan fingerprint density at radius 3 is 2.89 bits per heavy atom. The van der Waals surface area contributed by atoms with E-state index < -0.39 is 0 Å². The molecule has 1 fully saturated rings. The van der Waals surface area contributed by atoms with Crippen LogP contribution < -0.4 is 0 Å². The Labute approximate surface area is 108 Å². The van der Waals surface area contributed by atoms with E-state index in [-0.39, 0.29) is 6.04 Å². The van der Waals surface area contributed by atoms with Crippen molar-refractivity contribution in [2.24, 2.45) is 0 Å². The molecule has 0 aromatic carbocycles. The van der Waals surface area contributed by atoms with Crippen molar-refractivity contribution in [3.63, 3.8) is 0 Å². The molecule has 1 atom stereocenters. The van der Waals surface area contributed by atoms with E-state index in [1.165, 1.54) is 0 Å². The Morgan fingerprint density at radius 1 is 1.56 bits per heavy atom. The molecule has 2 rings (SSSR count). The van der Waals surface area contributed by atoms with E-state index >= 15 is 0 Å². The SMILES string of the molecule is C=C/C=C1\C(=C)CCN(CC)C1c1nc(C)no1. The summed E-state index contributed by atoms with van der Waals surface area (Å²) in [5.74, 6) is 1.30. The summed E-state index contributed by atoms with van der Waals surface area (Å²) >= 11 is 0. The van der Waals surface area contributed by atoms with Gasteiger partial charge in [-0.25, -0.2) is 0 Å². The van der Waals surface area contributed by atoms with Gasteiger partial charge in [-0.3, -0.25) is 4.90 Å². The van der Waals surface area contributed by atoms with E-state index in [0.717, 1.165) is 30.7 Å². The second-order valence-corrected chi connectivity index (χ2v) is 4.42. The van der Waals surface area contributed by atoms with Crippen molar-refractivity contribution in [3.05, 3.63) is 48.2 Å². The Kier molecular flexibility index (Phi) is 3.77. The number of rotatable bonds is 3. The summed E-state index contributed by atoms with van der Waals surface area (Å²) in [5, 5.41) is 3.88. The van der Waals surface area contributed by atoms with Gasteiger partial charge in [0.1, 0.15) is 6.04 Å². The molecule has 0 spiro atoms. The van der Waals surface area contributed by atoms with E-state index in [1.54, 1.807) is 6.08 Å². The van der Waals surface area contributed by atoms with Crippen LogP contribution in [0.25, 0.3) is 0 Å². The fourth-order valence-corrected chi connectivity index (χ4v) is 2.33. The summed E-state index contributed by atoms with van der Waals surface area (Å²) < 4.78 is 5.34. The molecule has 4 heteroatoms. The summed E-state index contributed by atoms with van der Waals surface area (Å²) in [5.41, 5.74) is 2.25. The maximum atomic E-state index is 5.34. The van der Waals surface area contributed by atoms with Gasteiger partial charge in [-0.15, -0.1) is 0 Å². The van der Waals surface area contributed by atoms with Crippen LogP contribution in [0.5, 0.6) is 0 Å². The normalized spacial score (nSPS) is 23.6. The van der Waals surface area contributed by atoms with E-state index in [4.69, 9.17) is 4.52 Å². The molecule has 0 radical (unpaired) electrons. The molecule has 0 bridgehead atoms. The third kappa shape index (κ3) is 2.29. The molecule has 0 aliphatic carbocycles. The molecule has 1 aliphatic rings. The van der Waals surface area contributed by atoms with Gasteiger partial charge in [-0.1, -0.05) is 37.4 Å². The number of piperidine rings is 1. The lowest BCUT2D eigenvalue weighted by molar-refractivity contribution is 0.182. The minimum Gasteiger partial charge on any atom is -0.337 e. The quantitative estimate of drug-likeness (QED) is 0.821. The van der Waals surface area contributed by atoms with Crippen LogP contribution in [0.15, 0.2) is 41.0 Å². The zero-order chi connectivity index (χ0) is 13.1. The number of aryl methyl sites for hydroxylation is 1. The topological polar surface area (TPSA) is 42.2 Å². The third-order valence-corrected chi connectivity index (χ3v) is 3.25. The molecule has 1 unspecified atom stereocenters. The molecule has 2 heterocycles. The van der Waals surface area contributed by atoms with Gasteiger partial charge < -0.3 is 4.52 Å². The summed E-state index contributed by atoms with van der Waals surface area (Å²) in [6.45, 7) is 13.8. The first-order valence-corrected chi connectivity index (χ1v) is 6.22. The largest absolute Gasteiger partial charge is 0.337 e. The van der Waals surface area contributed by atoms with E-state index in [1.807, 2.05) is 13.0 Å². The fraction of sp³-hybridized carbons (Fsp3) is 0.429. The highest BCUT2D eigenvalue weighted by molar-refractivity contribution is 5.39. The van der Waals surface area contributed by atoms with Crippen molar-refractivity contribution in [1.82, 2.24) is 15.0 Å². The standard InChI is InChI=1S/C14H19N3O/c1-5-7-12-10(3)8-9-17(6-2)13(12)14-15-11(4)16-18-14/h5,7,13H,1,3,6,8-9H2,2,4H3/b12-7+. The van der Waals surface area contributed by atoms with Gasteiger partial charge in [0.05, 0.1) is 0 Å². The molecule has 1 aromatic rings. The first kappa shape index (κ1) is 12.8. The van der Waals surface area contributed by atoms with Crippen LogP contribution in [0.1, 0.15) is 31.1 Å². The average Bonchev–Trinajstić information content (AvgIpc) is 2.78. The number of allylic oxidation sites excluding steroid dienone is 2. The lowest BCUT2D eigenvalue weighted by Gasteiger charge is -2.35. The number of aromatic nitrogens is 2. The summed E-state index contributed by atoms with van der Waals surface area (Å²) in [6.07, 6.45) is 4.75. The fourth-order valence-electron chi connectivity index (χ4n) is 2.33. The highest BCUT2D eigenvalue weighted by Crippen LogP contribution is 2.37. The predicted molar refractivity (Wildman–Crippen MR) is 71.1 cm³/mol. The van der Waals surface area contributed by atoms with Gasteiger partial charge in [-0.2, -0.15) is 4.98 Å². The van der Waals surface area contributed by atoms with Crippen LogP contribution in [0, 0.1) is 6.92 Å². The summed E-state index contributed by atoms with van der Waals surface area (Å²) in [6, 6.07) is 0.00968. The minimum atomic E-state index is 0.00968. The number of nitrogens with zero attached hydrogens (tertiary/aromatic N) is 3. The minimum absolute atomic E-state index is 0.00968. The van der Waals surface area contributed by atoms with E-state index in [2.05, 4.69) is 35.1 Å². The molecule has 1 aromatic heterocycles. The Hall–Kier alpha value is -1.68. The molecule has 4 nitrogen and oxygen atoms in total. The molecular formula is C14H19N3O. The van der Waals surface area contributed by atoms with Crippen LogP contribution in [0.2, 0.25) is 0 Å². The summed E-state index contributed by atoms with van der Waals surface area (Å²) in [7, 11) is 0. The van der Waals surface area contributed by atoms with Crippen LogP contribution in [0.3, 0.4) is 0 Å². The Bertz CT molecular complexity index is 487. The van der Waals surface area contributed by atoms with Gasteiger partial charge in [0.25, 0.3) is 0 Å². The van der Waals surface area contributed by atoms with Crippen LogP contribution in [0.4, 0.5) is 0 Å². The Balaban J connectivity index is 2.43. The van der Waals surface area contributed by atoms with Crippen molar-refractivity contribution < 1.29 is 4.52 Å². The number of likely N-dealkylation sites (N-methyl/N-ethyl adjacent to an activating group) is 1. The van der Waals surface area contributed by atoms with Gasteiger partial charge in [0.2, 0.25) is 5.89 Å². The molecule has 1 saturated heterocycles. The van der Waals surface area contributed by atoms with Crippen LogP contribution in [-0.2, 0) is 0 Å². The van der Waals surface area contributed by atoms with Crippen molar-refractivity contribution in [2.75, 3.05) is 13.1 Å². The van der Waals surface area contributed by atoms with E-state index in [9.17, 15) is 0 Å². The maximum absolute atomic E-state index is 5.34. The van der Waals surface area contributed by atoms with Crippen molar-refractivity contribution in [1.29, 1.82) is 0 Å². The molecule has 18 heavy (non-hydrogen) atoms. The van der Waals surface area contributed by atoms with Gasteiger partial charge >= 0.3 is 0 Å². The highest BCUT2D eigenvalue weighted by atomic mass is 16.5. The highest BCUT2D eigenvalue weighted by Gasteiger charge is 2.32. The monoisotopic (exact) mass is 245 g/mol. The van der Waals surface area contributed by atoms with E-state index in [0.29, 0.717) is 11.7 Å². The molecule has 0 N–H and O–H groups in total. The zero-order valence-corrected chi connectivity index (χ0v) is 11.0. The number of hydrogen-bond donors (Lipinski definition) is 0. The zero-order valence-electron chi connectivity index (χ0n) is 11.0. The van der Waals surface area contributed by atoms with Crippen molar-refractivity contribution in [3.8, 4) is 0 Å². The molecule has 0 amide bonds. The summed E-state index contributed by atoms with van der Waals surface area (Å²) in [4.78, 5) is 6.68. The van der Waals surface area contributed by atoms with Crippen LogP contribution >= 0.6 is 0 Å². The van der Waals surface area contributed by atoms with Crippen molar-refractivity contribution >= 4 is 0 Å². The molecular weight excluding hydrogens is 226 g/mol. The molecule has 1 aliphatic heterocycles. The smallest absolute Gasteiger partial charge is 0.248 e. The average molecular weight is 245 g/mol. The molecule has 0 saturated carbocycles. The first-order valence-electron chi connectivity index (χ1n) is 6.22. The second-order valence-electron chi connectivity index (χ2n) is 4.42. The van der Waals surface area contributed by atoms with Crippen molar-refractivity contribution in [2.45, 2.75) is 26.3 Å². The lowest BCUT2D eigenvalue weighted by atomic mass is 9.91. The molecule has 96 valence electrons. The second kappa shape index (κ2) is 5.31. The Morgan fingerprint density at radius 2 is 2.33 bits per heavy atom. The van der Waals surface area contributed by atoms with Crippen LogP contribution in [-0.4, -0.2) is 28.1 Å². The predicted octanol–water partition coefficient (Wildman–Crippen LogP) is 2.81.